The number of ether oxygens (including phenoxy) is 1. The molecular formula is C19H24N2O5S2. The predicted molar refractivity (Wildman–Crippen MR) is 110 cm³/mol. The van der Waals surface area contributed by atoms with Crippen LogP contribution in [0, 0.1) is 13.8 Å². The van der Waals surface area contributed by atoms with Crippen molar-refractivity contribution in [2.45, 2.75) is 45.1 Å². The van der Waals surface area contributed by atoms with Crippen LogP contribution in [-0.4, -0.2) is 32.9 Å². The molecule has 2 aromatic rings. The molecule has 0 bridgehead atoms. The van der Waals surface area contributed by atoms with E-state index in [0.29, 0.717) is 10.6 Å². The molecule has 28 heavy (non-hydrogen) atoms. The first-order chi connectivity index (χ1) is 12.9. The molecule has 1 aromatic carbocycles. The molecule has 9 heteroatoms. The highest BCUT2D eigenvalue weighted by Gasteiger charge is 2.24. The number of hydrogen-bond donors (Lipinski definition) is 2. The fourth-order valence-electron chi connectivity index (χ4n) is 2.49. The van der Waals surface area contributed by atoms with Gasteiger partial charge >= 0.3 is 5.97 Å². The molecule has 0 spiro atoms. The maximum Gasteiger partial charge on any atom is 0.341 e. The zero-order valence-electron chi connectivity index (χ0n) is 16.7. The number of thiophene rings is 1. The van der Waals surface area contributed by atoms with Crippen molar-refractivity contribution in [2.24, 2.45) is 0 Å². The Kier molecular flexibility index (Phi) is 6.32. The van der Waals surface area contributed by atoms with Gasteiger partial charge in [-0.05, 0) is 64.4 Å². The second-order valence-electron chi connectivity index (χ2n) is 7.31. The SMILES string of the molecule is COC(=O)c1c(NC(=O)c2ccc(S(=O)(=O)NC(C)(C)C)cc2)sc(C)c1C. The normalized spacial score (nSPS) is 11.9. The Labute approximate surface area is 169 Å². The van der Waals surface area contributed by atoms with Crippen molar-refractivity contribution in [3.8, 4) is 0 Å². The van der Waals surface area contributed by atoms with Gasteiger partial charge in [0.05, 0.1) is 17.6 Å². The summed E-state index contributed by atoms with van der Waals surface area (Å²) in [6.45, 7) is 8.88. The Bertz CT molecular complexity index is 1000. The number of carbonyl (C=O) groups excluding carboxylic acids is 2. The molecule has 7 nitrogen and oxygen atoms in total. The summed E-state index contributed by atoms with van der Waals surface area (Å²) in [5, 5.41) is 3.11. The number of amides is 1. The smallest absolute Gasteiger partial charge is 0.341 e. The van der Waals surface area contributed by atoms with Crippen LogP contribution in [0.15, 0.2) is 29.2 Å². The molecule has 0 fully saturated rings. The Balaban J connectivity index is 2.26. The number of nitrogens with one attached hydrogen (secondary N) is 2. The summed E-state index contributed by atoms with van der Waals surface area (Å²) in [6.07, 6.45) is 0. The minimum atomic E-state index is -3.68. The third-order valence-electron chi connectivity index (χ3n) is 3.87. The van der Waals surface area contributed by atoms with Crippen molar-refractivity contribution < 1.29 is 22.7 Å². The van der Waals surface area contributed by atoms with Crippen LogP contribution in [0.1, 0.15) is 51.9 Å². The molecule has 1 heterocycles. The lowest BCUT2D eigenvalue weighted by molar-refractivity contribution is 0.0601. The van der Waals surface area contributed by atoms with Gasteiger partial charge in [-0.1, -0.05) is 0 Å². The second-order valence-corrected chi connectivity index (χ2v) is 10.2. The third-order valence-corrected chi connectivity index (χ3v) is 6.77. The Morgan fingerprint density at radius 3 is 2.14 bits per heavy atom. The molecule has 0 aliphatic heterocycles. The number of esters is 1. The third kappa shape index (κ3) is 4.98. The van der Waals surface area contributed by atoms with Crippen molar-refractivity contribution in [3.63, 3.8) is 0 Å². The van der Waals surface area contributed by atoms with Gasteiger partial charge in [-0.2, -0.15) is 0 Å². The van der Waals surface area contributed by atoms with E-state index in [4.69, 9.17) is 4.74 Å². The first kappa shape index (κ1) is 22.1. The van der Waals surface area contributed by atoms with Crippen LogP contribution in [0.3, 0.4) is 0 Å². The molecule has 0 atom stereocenters. The lowest BCUT2D eigenvalue weighted by atomic mass is 10.1. The molecule has 0 aliphatic rings. The molecule has 2 N–H and O–H groups in total. The number of aryl methyl sites for hydroxylation is 1. The van der Waals surface area contributed by atoms with Gasteiger partial charge in [0.1, 0.15) is 5.00 Å². The van der Waals surface area contributed by atoms with E-state index >= 15 is 0 Å². The van der Waals surface area contributed by atoms with Crippen LogP contribution in [0.4, 0.5) is 5.00 Å². The number of hydrogen-bond acceptors (Lipinski definition) is 6. The summed E-state index contributed by atoms with van der Waals surface area (Å²) >= 11 is 1.28. The predicted octanol–water partition coefficient (Wildman–Crippen LogP) is 3.48. The lowest BCUT2D eigenvalue weighted by Gasteiger charge is -2.20. The molecule has 2 rings (SSSR count). The quantitative estimate of drug-likeness (QED) is 0.716. The van der Waals surface area contributed by atoms with E-state index in [1.54, 1.807) is 27.7 Å². The van der Waals surface area contributed by atoms with E-state index in [2.05, 4.69) is 10.0 Å². The van der Waals surface area contributed by atoms with Crippen molar-refractivity contribution in [1.29, 1.82) is 0 Å². The van der Waals surface area contributed by atoms with Crippen LogP contribution >= 0.6 is 11.3 Å². The average molecular weight is 425 g/mol. The van der Waals surface area contributed by atoms with Gasteiger partial charge in [0, 0.05) is 16.0 Å². The van der Waals surface area contributed by atoms with E-state index in [1.165, 1.54) is 42.7 Å². The van der Waals surface area contributed by atoms with Gasteiger partial charge in [0.2, 0.25) is 10.0 Å². The number of anilines is 1. The van der Waals surface area contributed by atoms with Gasteiger partial charge in [0.25, 0.3) is 5.91 Å². The fraction of sp³-hybridized carbons (Fsp3) is 0.368. The van der Waals surface area contributed by atoms with E-state index in [0.717, 1.165) is 10.4 Å². The summed E-state index contributed by atoms with van der Waals surface area (Å²) in [5.41, 5.74) is 0.733. The molecule has 0 saturated heterocycles. The highest BCUT2D eigenvalue weighted by Crippen LogP contribution is 2.33. The highest BCUT2D eigenvalue weighted by molar-refractivity contribution is 7.89. The molecule has 1 aromatic heterocycles. The summed E-state index contributed by atoms with van der Waals surface area (Å²) in [7, 11) is -2.40. The minimum absolute atomic E-state index is 0.0667. The van der Waals surface area contributed by atoms with Crippen molar-refractivity contribution in [1.82, 2.24) is 4.72 Å². The number of rotatable bonds is 5. The van der Waals surface area contributed by atoms with Gasteiger partial charge < -0.3 is 10.1 Å². The Morgan fingerprint density at radius 2 is 1.64 bits per heavy atom. The fourth-order valence-corrected chi connectivity index (χ4v) is 4.95. The van der Waals surface area contributed by atoms with Crippen LogP contribution in [0.5, 0.6) is 0 Å². The van der Waals surface area contributed by atoms with Gasteiger partial charge in [-0.3, -0.25) is 4.79 Å². The first-order valence-electron chi connectivity index (χ1n) is 8.49. The van der Waals surface area contributed by atoms with Crippen LogP contribution in [0.2, 0.25) is 0 Å². The van der Waals surface area contributed by atoms with Crippen molar-refractivity contribution in [3.05, 3.63) is 45.8 Å². The van der Waals surface area contributed by atoms with E-state index in [9.17, 15) is 18.0 Å². The molecule has 152 valence electrons. The zero-order chi connectivity index (χ0) is 21.3. The van der Waals surface area contributed by atoms with Gasteiger partial charge in [-0.25, -0.2) is 17.9 Å². The average Bonchev–Trinajstić information content (AvgIpc) is 2.86. The number of carbonyl (C=O) groups is 2. The van der Waals surface area contributed by atoms with Crippen LogP contribution in [-0.2, 0) is 14.8 Å². The van der Waals surface area contributed by atoms with E-state index in [1.807, 2.05) is 6.92 Å². The molecule has 0 saturated carbocycles. The molecule has 0 aliphatic carbocycles. The monoisotopic (exact) mass is 424 g/mol. The standard InChI is InChI=1S/C19H24N2O5S2/c1-11-12(2)27-17(15(11)18(23)26-6)20-16(22)13-7-9-14(10-8-13)28(24,25)21-19(3,4)5/h7-10,21H,1-6H3,(H,20,22). The van der Waals surface area contributed by atoms with Gasteiger partial charge in [0.15, 0.2) is 0 Å². The minimum Gasteiger partial charge on any atom is -0.465 e. The largest absolute Gasteiger partial charge is 0.465 e. The van der Waals surface area contributed by atoms with E-state index in [-0.39, 0.29) is 10.5 Å². The van der Waals surface area contributed by atoms with Crippen molar-refractivity contribution in [2.75, 3.05) is 12.4 Å². The zero-order valence-corrected chi connectivity index (χ0v) is 18.3. The molecule has 0 radical (unpaired) electrons. The Morgan fingerprint density at radius 1 is 1.07 bits per heavy atom. The topological polar surface area (TPSA) is 102 Å². The lowest BCUT2D eigenvalue weighted by Crippen LogP contribution is -2.40. The number of methoxy groups -OCH3 is 1. The summed E-state index contributed by atoms with van der Waals surface area (Å²) in [6, 6.07) is 5.60. The van der Waals surface area contributed by atoms with Crippen molar-refractivity contribution >= 4 is 38.2 Å². The summed E-state index contributed by atoms with van der Waals surface area (Å²) in [4.78, 5) is 25.5. The Hall–Kier alpha value is -2.23. The highest BCUT2D eigenvalue weighted by atomic mass is 32.2. The van der Waals surface area contributed by atoms with E-state index < -0.39 is 27.4 Å². The molecule has 0 unspecified atom stereocenters. The molecular weight excluding hydrogens is 400 g/mol. The summed E-state index contributed by atoms with van der Waals surface area (Å²) in [5.74, 6) is -0.967. The first-order valence-corrected chi connectivity index (χ1v) is 10.8. The number of benzene rings is 1. The second kappa shape index (κ2) is 8.02. The van der Waals surface area contributed by atoms with Gasteiger partial charge in [-0.15, -0.1) is 11.3 Å². The maximum atomic E-state index is 12.6. The van der Waals surface area contributed by atoms with Crippen LogP contribution in [0.25, 0.3) is 0 Å². The summed E-state index contributed by atoms with van der Waals surface area (Å²) < 4.78 is 32.1. The maximum absolute atomic E-state index is 12.6. The number of sulfonamides is 1. The van der Waals surface area contributed by atoms with Crippen LogP contribution < -0.4 is 10.0 Å². The molecule has 1 amide bonds.